The van der Waals surface area contributed by atoms with Crippen molar-refractivity contribution in [2.75, 3.05) is 6.54 Å². The Bertz CT molecular complexity index is 533. The molecule has 86 valence electrons. The van der Waals surface area contributed by atoms with Gasteiger partial charge in [0.1, 0.15) is 0 Å². The normalized spacial score (nSPS) is 19.3. The highest BCUT2D eigenvalue weighted by atomic mass is 16.1. The first-order chi connectivity index (χ1) is 8.34. The van der Waals surface area contributed by atoms with E-state index in [2.05, 4.69) is 15.5 Å². The van der Waals surface area contributed by atoms with Gasteiger partial charge in [-0.3, -0.25) is 9.89 Å². The van der Waals surface area contributed by atoms with Gasteiger partial charge in [-0.25, -0.2) is 0 Å². The van der Waals surface area contributed by atoms with Crippen LogP contribution in [0.3, 0.4) is 0 Å². The summed E-state index contributed by atoms with van der Waals surface area (Å²) in [6, 6.07) is 10.1. The molecule has 4 nitrogen and oxygen atoms in total. The first-order valence-electron chi connectivity index (χ1n) is 5.70. The summed E-state index contributed by atoms with van der Waals surface area (Å²) in [7, 11) is 0. The van der Waals surface area contributed by atoms with E-state index in [0.29, 0.717) is 13.0 Å². The van der Waals surface area contributed by atoms with Crippen LogP contribution in [-0.4, -0.2) is 22.6 Å². The average Bonchev–Trinajstić information content (AvgIpc) is 2.98. The fraction of sp³-hybridized carbons (Fsp3) is 0.231. The van der Waals surface area contributed by atoms with E-state index in [9.17, 15) is 4.79 Å². The van der Waals surface area contributed by atoms with Crippen LogP contribution in [0.15, 0.2) is 36.5 Å². The highest BCUT2D eigenvalue weighted by Crippen LogP contribution is 2.30. The van der Waals surface area contributed by atoms with Gasteiger partial charge in [-0.2, -0.15) is 5.10 Å². The van der Waals surface area contributed by atoms with E-state index in [1.165, 1.54) is 0 Å². The average molecular weight is 227 g/mol. The number of hydrogen-bond donors (Lipinski definition) is 2. The third-order valence-electron chi connectivity index (χ3n) is 3.15. The van der Waals surface area contributed by atoms with Crippen LogP contribution in [0.5, 0.6) is 0 Å². The second kappa shape index (κ2) is 4.05. The standard InChI is InChI=1S/C13H13N3O/c17-12-6-10(7-14-12)11-8-15-16-13(11)9-4-2-1-3-5-9/h1-5,8,10H,6-7H2,(H,14,17)(H,15,16). The fourth-order valence-corrected chi connectivity index (χ4v) is 2.27. The maximum atomic E-state index is 11.3. The second-order valence-corrected chi connectivity index (χ2v) is 4.27. The molecule has 0 radical (unpaired) electrons. The molecule has 0 spiro atoms. The molecule has 2 heterocycles. The lowest BCUT2D eigenvalue weighted by Crippen LogP contribution is -2.13. The molecule has 2 aromatic rings. The molecular weight excluding hydrogens is 214 g/mol. The summed E-state index contributed by atoms with van der Waals surface area (Å²) in [4.78, 5) is 11.3. The van der Waals surface area contributed by atoms with Gasteiger partial charge in [0, 0.05) is 24.4 Å². The molecule has 1 aliphatic heterocycles. The summed E-state index contributed by atoms with van der Waals surface area (Å²) in [5.74, 6) is 0.353. The molecule has 0 bridgehead atoms. The zero-order chi connectivity index (χ0) is 11.7. The van der Waals surface area contributed by atoms with Crippen molar-refractivity contribution in [1.82, 2.24) is 15.5 Å². The number of rotatable bonds is 2. The molecule has 2 N–H and O–H groups in total. The van der Waals surface area contributed by atoms with Crippen LogP contribution in [0, 0.1) is 0 Å². The zero-order valence-electron chi connectivity index (χ0n) is 9.31. The zero-order valence-corrected chi connectivity index (χ0v) is 9.31. The number of H-pyrrole nitrogens is 1. The number of hydrogen-bond acceptors (Lipinski definition) is 2. The monoisotopic (exact) mass is 227 g/mol. The molecule has 17 heavy (non-hydrogen) atoms. The minimum Gasteiger partial charge on any atom is -0.355 e. The molecule has 1 amide bonds. The molecule has 1 aromatic heterocycles. The summed E-state index contributed by atoms with van der Waals surface area (Å²) in [5, 5.41) is 9.98. The maximum absolute atomic E-state index is 11.3. The van der Waals surface area contributed by atoms with Crippen molar-refractivity contribution in [2.24, 2.45) is 0 Å². The summed E-state index contributed by atoms with van der Waals surface area (Å²) >= 11 is 0. The van der Waals surface area contributed by atoms with Crippen LogP contribution in [-0.2, 0) is 4.79 Å². The SMILES string of the molecule is O=C1CC(c2cn[nH]c2-c2ccccc2)CN1. The fourth-order valence-electron chi connectivity index (χ4n) is 2.27. The minimum absolute atomic E-state index is 0.121. The van der Waals surface area contributed by atoms with E-state index in [1.54, 1.807) is 0 Å². The van der Waals surface area contributed by atoms with Crippen LogP contribution < -0.4 is 5.32 Å². The van der Waals surface area contributed by atoms with Crippen LogP contribution in [0.25, 0.3) is 11.3 Å². The molecular formula is C13H13N3O. The Morgan fingerprint density at radius 1 is 1.24 bits per heavy atom. The first-order valence-corrected chi connectivity index (χ1v) is 5.70. The van der Waals surface area contributed by atoms with Crippen molar-refractivity contribution in [1.29, 1.82) is 0 Å². The van der Waals surface area contributed by atoms with Gasteiger partial charge >= 0.3 is 0 Å². The lowest BCUT2D eigenvalue weighted by Gasteiger charge is -2.07. The predicted octanol–water partition coefficient (Wildman–Crippen LogP) is 1.68. The number of nitrogens with one attached hydrogen (secondary N) is 2. The molecule has 1 aromatic carbocycles. The first kappa shape index (κ1) is 10.1. The van der Waals surface area contributed by atoms with Gasteiger partial charge < -0.3 is 5.32 Å². The molecule has 1 aliphatic rings. The highest BCUT2D eigenvalue weighted by Gasteiger charge is 2.26. The molecule has 4 heteroatoms. The number of aromatic nitrogens is 2. The Morgan fingerprint density at radius 3 is 2.76 bits per heavy atom. The molecule has 1 unspecified atom stereocenters. The Hall–Kier alpha value is -2.10. The number of nitrogens with zero attached hydrogens (tertiary/aromatic N) is 1. The molecule has 1 saturated heterocycles. The third kappa shape index (κ3) is 1.82. The Kier molecular flexibility index (Phi) is 2.40. The van der Waals surface area contributed by atoms with Crippen molar-refractivity contribution < 1.29 is 4.79 Å². The summed E-state index contributed by atoms with van der Waals surface area (Å²) in [5.41, 5.74) is 3.25. The molecule has 1 fully saturated rings. The predicted molar refractivity (Wildman–Crippen MR) is 64.4 cm³/mol. The van der Waals surface area contributed by atoms with E-state index < -0.39 is 0 Å². The van der Waals surface area contributed by atoms with Gasteiger partial charge in [0.2, 0.25) is 5.91 Å². The van der Waals surface area contributed by atoms with Gasteiger partial charge in [-0.1, -0.05) is 30.3 Å². The minimum atomic E-state index is 0.121. The quantitative estimate of drug-likeness (QED) is 0.820. The maximum Gasteiger partial charge on any atom is 0.220 e. The van der Waals surface area contributed by atoms with Crippen LogP contribution in [0.1, 0.15) is 17.9 Å². The molecule has 1 atom stereocenters. The van der Waals surface area contributed by atoms with Crippen LogP contribution in [0.2, 0.25) is 0 Å². The lowest BCUT2D eigenvalue weighted by molar-refractivity contribution is -0.119. The number of carbonyl (C=O) groups excluding carboxylic acids is 1. The van der Waals surface area contributed by atoms with E-state index in [-0.39, 0.29) is 11.8 Å². The van der Waals surface area contributed by atoms with Gasteiger partial charge in [0.15, 0.2) is 0 Å². The molecule has 3 rings (SSSR count). The second-order valence-electron chi connectivity index (χ2n) is 4.27. The Morgan fingerprint density at radius 2 is 2.06 bits per heavy atom. The van der Waals surface area contributed by atoms with Crippen molar-refractivity contribution >= 4 is 5.91 Å². The summed E-state index contributed by atoms with van der Waals surface area (Å²) in [6.07, 6.45) is 2.38. The molecule has 0 saturated carbocycles. The Balaban J connectivity index is 1.97. The van der Waals surface area contributed by atoms with Crippen molar-refractivity contribution in [3.8, 4) is 11.3 Å². The van der Waals surface area contributed by atoms with Gasteiger partial charge in [0.05, 0.1) is 11.9 Å². The van der Waals surface area contributed by atoms with Crippen LogP contribution >= 0.6 is 0 Å². The summed E-state index contributed by atoms with van der Waals surface area (Å²) < 4.78 is 0. The smallest absolute Gasteiger partial charge is 0.220 e. The number of amides is 1. The van der Waals surface area contributed by atoms with Crippen molar-refractivity contribution in [3.63, 3.8) is 0 Å². The van der Waals surface area contributed by atoms with Gasteiger partial charge in [-0.15, -0.1) is 0 Å². The Labute approximate surface area is 99.1 Å². The number of aromatic amines is 1. The van der Waals surface area contributed by atoms with E-state index in [0.717, 1.165) is 16.8 Å². The van der Waals surface area contributed by atoms with Gasteiger partial charge in [0.25, 0.3) is 0 Å². The highest BCUT2D eigenvalue weighted by molar-refractivity contribution is 5.80. The number of benzene rings is 1. The van der Waals surface area contributed by atoms with Crippen LogP contribution in [0.4, 0.5) is 0 Å². The van der Waals surface area contributed by atoms with Gasteiger partial charge in [-0.05, 0) is 5.56 Å². The largest absolute Gasteiger partial charge is 0.355 e. The van der Waals surface area contributed by atoms with Crippen molar-refractivity contribution in [2.45, 2.75) is 12.3 Å². The van der Waals surface area contributed by atoms with E-state index in [1.807, 2.05) is 36.5 Å². The van der Waals surface area contributed by atoms with E-state index in [4.69, 9.17) is 0 Å². The van der Waals surface area contributed by atoms with Crippen molar-refractivity contribution in [3.05, 3.63) is 42.1 Å². The number of carbonyl (C=O) groups is 1. The summed E-state index contributed by atoms with van der Waals surface area (Å²) in [6.45, 7) is 0.707. The van der Waals surface area contributed by atoms with E-state index >= 15 is 0 Å². The third-order valence-corrected chi connectivity index (χ3v) is 3.15. The molecule has 0 aliphatic carbocycles. The lowest BCUT2D eigenvalue weighted by atomic mass is 9.96. The topological polar surface area (TPSA) is 57.8 Å².